The predicted octanol–water partition coefficient (Wildman–Crippen LogP) is 4.94. The SMILES string of the molecule is CC(NC1CCCN(Cc2ccccc2)C1)c1cc2c(s1)CCCC2. The summed E-state index contributed by atoms with van der Waals surface area (Å²) in [4.78, 5) is 5.82. The second-order valence-corrected chi connectivity index (χ2v) is 8.92. The number of piperidine rings is 1. The van der Waals surface area contributed by atoms with Crippen molar-refractivity contribution in [2.24, 2.45) is 0 Å². The van der Waals surface area contributed by atoms with Crippen molar-refractivity contribution in [2.45, 2.75) is 64.1 Å². The summed E-state index contributed by atoms with van der Waals surface area (Å²) in [6, 6.07) is 14.5. The third-order valence-corrected chi connectivity index (χ3v) is 7.10. The first-order valence-electron chi connectivity index (χ1n) is 9.92. The Bertz CT molecular complexity index is 655. The van der Waals surface area contributed by atoms with E-state index in [0.29, 0.717) is 12.1 Å². The largest absolute Gasteiger partial charge is 0.305 e. The Morgan fingerprint density at radius 3 is 2.84 bits per heavy atom. The Morgan fingerprint density at radius 1 is 1.16 bits per heavy atom. The molecule has 25 heavy (non-hydrogen) atoms. The molecule has 134 valence electrons. The van der Waals surface area contributed by atoms with Gasteiger partial charge in [-0.15, -0.1) is 11.3 Å². The van der Waals surface area contributed by atoms with Crippen LogP contribution in [0.4, 0.5) is 0 Å². The number of thiophene rings is 1. The monoisotopic (exact) mass is 354 g/mol. The van der Waals surface area contributed by atoms with Crippen LogP contribution < -0.4 is 5.32 Å². The lowest BCUT2D eigenvalue weighted by Gasteiger charge is -2.34. The zero-order chi connectivity index (χ0) is 17.1. The highest BCUT2D eigenvalue weighted by atomic mass is 32.1. The smallest absolute Gasteiger partial charge is 0.0388 e. The van der Waals surface area contributed by atoms with Gasteiger partial charge in [0.05, 0.1) is 0 Å². The van der Waals surface area contributed by atoms with Crippen LogP contribution in [0.1, 0.15) is 59.5 Å². The van der Waals surface area contributed by atoms with Gasteiger partial charge >= 0.3 is 0 Å². The van der Waals surface area contributed by atoms with Gasteiger partial charge in [-0.05, 0) is 69.2 Å². The Morgan fingerprint density at radius 2 is 2.00 bits per heavy atom. The van der Waals surface area contributed by atoms with E-state index in [1.807, 2.05) is 0 Å². The molecule has 2 heterocycles. The van der Waals surface area contributed by atoms with Gasteiger partial charge in [-0.3, -0.25) is 4.90 Å². The van der Waals surface area contributed by atoms with Crippen molar-refractivity contribution in [3.8, 4) is 0 Å². The van der Waals surface area contributed by atoms with E-state index in [1.54, 1.807) is 15.3 Å². The topological polar surface area (TPSA) is 15.3 Å². The highest BCUT2D eigenvalue weighted by Gasteiger charge is 2.23. The number of nitrogens with zero attached hydrogens (tertiary/aromatic N) is 1. The molecule has 0 spiro atoms. The number of fused-ring (bicyclic) bond motifs is 1. The molecule has 0 amide bonds. The minimum absolute atomic E-state index is 0.484. The highest BCUT2D eigenvalue weighted by molar-refractivity contribution is 7.12. The van der Waals surface area contributed by atoms with Gasteiger partial charge in [0, 0.05) is 34.9 Å². The molecule has 1 aliphatic carbocycles. The van der Waals surface area contributed by atoms with Crippen LogP contribution in [0.15, 0.2) is 36.4 Å². The van der Waals surface area contributed by atoms with E-state index in [4.69, 9.17) is 0 Å². The van der Waals surface area contributed by atoms with Gasteiger partial charge in [0.2, 0.25) is 0 Å². The fraction of sp³-hybridized carbons (Fsp3) is 0.545. The second-order valence-electron chi connectivity index (χ2n) is 7.75. The van der Waals surface area contributed by atoms with Gasteiger partial charge in [-0.2, -0.15) is 0 Å². The first-order valence-corrected chi connectivity index (χ1v) is 10.7. The van der Waals surface area contributed by atoms with Crippen molar-refractivity contribution >= 4 is 11.3 Å². The van der Waals surface area contributed by atoms with Crippen LogP contribution in [0.2, 0.25) is 0 Å². The molecule has 2 aliphatic rings. The molecule has 2 aromatic rings. The number of rotatable bonds is 5. The third-order valence-electron chi connectivity index (χ3n) is 5.68. The van der Waals surface area contributed by atoms with Crippen LogP contribution in [0.3, 0.4) is 0 Å². The number of hydrogen-bond acceptors (Lipinski definition) is 3. The minimum atomic E-state index is 0.484. The summed E-state index contributed by atoms with van der Waals surface area (Å²) in [5.41, 5.74) is 3.07. The molecule has 1 aromatic heterocycles. The van der Waals surface area contributed by atoms with Gasteiger partial charge in [0.25, 0.3) is 0 Å². The lowest BCUT2D eigenvalue weighted by Crippen LogP contribution is -2.45. The Kier molecular flexibility index (Phi) is 5.54. The lowest BCUT2D eigenvalue weighted by atomic mass is 9.98. The molecule has 3 heteroatoms. The maximum atomic E-state index is 3.93. The minimum Gasteiger partial charge on any atom is -0.305 e. The molecule has 1 fully saturated rings. The van der Waals surface area contributed by atoms with Crippen molar-refractivity contribution < 1.29 is 0 Å². The molecule has 4 rings (SSSR count). The summed E-state index contributed by atoms with van der Waals surface area (Å²) in [7, 11) is 0. The summed E-state index contributed by atoms with van der Waals surface area (Å²) in [5, 5.41) is 3.93. The maximum Gasteiger partial charge on any atom is 0.0388 e. The first kappa shape index (κ1) is 17.3. The molecule has 1 aromatic carbocycles. The van der Waals surface area contributed by atoms with Gasteiger partial charge in [-0.25, -0.2) is 0 Å². The van der Waals surface area contributed by atoms with Gasteiger partial charge < -0.3 is 5.32 Å². The molecule has 2 atom stereocenters. The predicted molar refractivity (Wildman–Crippen MR) is 107 cm³/mol. The third kappa shape index (κ3) is 4.33. The zero-order valence-electron chi connectivity index (χ0n) is 15.3. The maximum absolute atomic E-state index is 3.93. The van der Waals surface area contributed by atoms with Crippen molar-refractivity contribution in [1.29, 1.82) is 0 Å². The Balaban J connectivity index is 1.34. The van der Waals surface area contributed by atoms with E-state index in [1.165, 1.54) is 57.2 Å². The number of likely N-dealkylation sites (tertiary alicyclic amines) is 1. The van der Waals surface area contributed by atoms with Crippen LogP contribution in [-0.4, -0.2) is 24.0 Å². The molecular formula is C22H30N2S. The quantitative estimate of drug-likeness (QED) is 0.818. The van der Waals surface area contributed by atoms with E-state index in [2.05, 4.69) is 64.9 Å². The molecule has 0 bridgehead atoms. The van der Waals surface area contributed by atoms with Crippen LogP contribution in [0, 0.1) is 0 Å². The summed E-state index contributed by atoms with van der Waals surface area (Å²) in [6.45, 7) is 5.84. The Labute approximate surface area is 156 Å². The fourth-order valence-corrected chi connectivity index (χ4v) is 5.61. The molecule has 0 radical (unpaired) electrons. The molecule has 1 aliphatic heterocycles. The average molecular weight is 355 g/mol. The fourth-order valence-electron chi connectivity index (χ4n) is 4.34. The van der Waals surface area contributed by atoms with Gasteiger partial charge in [-0.1, -0.05) is 30.3 Å². The highest BCUT2D eigenvalue weighted by Crippen LogP contribution is 2.33. The van der Waals surface area contributed by atoms with E-state index in [-0.39, 0.29) is 0 Å². The van der Waals surface area contributed by atoms with Crippen LogP contribution in [-0.2, 0) is 19.4 Å². The van der Waals surface area contributed by atoms with E-state index in [9.17, 15) is 0 Å². The van der Waals surface area contributed by atoms with Crippen molar-refractivity contribution in [1.82, 2.24) is 10.2 Å². The molecule has 1 saturated heterocycles. The first-order chi connectivity index (χ1) is 12.3. The average Bonchev–Trinajstić information content (AvgIpc) is 3.07. The van der Waals surface area contributed by atoms with Gasteiger partial charge in [0.1, 0.15) is 0 Å². The number of nitrogens with one attached hydrogen (secondary N) is 1. The molecule has 2 unspecified atom stereocenters. The molecule has 1 N–H and O–H groups in total. The van der Waals surface area contributed by atoms with Crippen LogP contribution in [0.5, 0.6) is 0 Å². The van der Waals surface area contributed by atoms with Crippen molar-refractivity contribution in [3.63, 3.8) is 0 Å². The molecule has 2 nitrogen and oxygen atoms in total. The van der Waals surface area contributed by atoms with Crippen molar-refractivity contribution in [2.75, 3.05) is 13.1 Å². The Hall–Kier alpha value is -1.16. The summed E-state index contributed by atoms with van der Waals surface area (Å²) in [6.07, 6.45) is 7.97. The van der Waals surface area contributed by atoms with Crippen molar-refractivity contribution in [3.05, 3.63) is 57.3 Å². The molecular weight excluding hydrogens is 324 g/mol. The van der Waals surface area contributed by atoms with E-state index in [0.717, 1.165) is 6.54 Å². The number of hydrogen-bond donors (Lipinski definition) is 1. The summed E-state index contributed by atoms with van der Waals surface area (Å²) in [5.74, 6) is 0. The van der Waals surface area contributed by atoms with Gasteiger partial charge in [0.15, 0.2) is 0 Å². The summed E-state index contributed by atoms with van der Waals surface area (Å²) >= 11 is 2.06. The van der Waals surface area contributed by atoms with E-state index < -0.39 is 0 Å². The van der Waals surface area contributed by atoms with Crippen LogP contribution in [0.25, 0.3) is 0 Å². The van der Waals surface area contributed by atoms with E-state index >= 15 is 0 Å². The normalized spacial score (nSPS) is 22.5. The lowest BCUT2D eigenvalue weighted by molar-refractivity contribution is 0.177. The molecule has 0 saturated carbocycles. The number of benzene rings is 1. The second kappa shape index (κ2) is 8.03. The number of aryl methyl sites for hydroxylation is 2. The standard InChI is InChI=1S/C22H30N2S/c1-17(22-14-19-10-5-6-12-21(19)25-22)23-20-11-7-13-24(16-20)15-18-8-3-2-4-9-18/h2-4,8-9,14,17,20,23H,5-7,10-13,15-16H2,1H3. The zero-order valence-corrected chi connectivity index (χ0v) is 16.2. The summed E-state index contributed by atoms with van der Waals surface area (Å²) < 4.78 is 0. The van der Waals surface area contributed by atoms with Crippen LogP contribution >= 0.6 is 11.3 Å².